The van der Waals surface area contributed by atoms with Gasteiger partial charge in [0.15, 0.2) is 5.82 Å². The van der Waals surface area contributed by atoms with Crippen LogP contribution in [0, 0.1) is 0 Å². The molecule has 5 heteroatoms. The number of fused-ring (bicyclic) bond motifs is 1. The lowest BCUT2D eigenvalue weighted by Crippen LogP contribution is -2.06. The maximum atomic E-state index is 5.28. The number of rotatable bonds is 4. The summed E-state index contributed by atoms with van der Waals surface area (Å²) in [7, 11) is 1.97. The first kappa shape index (κ1) is 10.8. The highest BCUT2D eigenvalue weighted by molar-refractivity contribution is 5.85. The van der Waals surface area contributed by atoms with Gasteiger partial charge in [-0.25, -0.2) is 9.97 Å². The predicted octanol–water partition coefficient (Wildman–Crippen LogP) is 2.22. The van der Waals surface area contributed by atoms with E-state index in [0.29, 0.717) is 0 Å². The van der Waals surface area contributed by atoms with Gasteiger partial charge in [-0.05, 0) is 18.2 Å². The van der Waals surface area contributed by atoms with Gasteiger partial charge in [-0.15, -0.1) is 0 Å². The van der Waals surface area contributed by atoms with Crippen molar-refractivity contribution in [1.29, 1.82) is 0 Å². The van der Waals surface area contributed by atoms with E-state index in [1.165, 1.54) is 0 Å². The minimum absolute atomic E-state index is 0.774. The molecule has 0 fully saturated rings. The third kappa shape index (κ3) is 1.95. The van der Waals surface area contributed by atoms with Gasteiger partial charge in [0.05, 0.1) is 18.1 Å². The molecular weight excluding hydrogens is 228 g/mol. The Morgan fingerprint density at radius 1 is 1.33 bits per heavy atom. The predicted molar refractivity (Wildman–Crippen MR) is 69.4 cm³/mol. The molecule has 0 aliphatic carbocycles. The smallest absolute Gasteiger partial charge is 0.154 e. The first-order valence-corrected chi connectivity index (χ1v) is 5.87. The van der Waals surface area contributed by atoms with E-state index in [9.17, 15) is 0 Å². The van der Waals surface area contributed by atoms with Crippen molar-refractivity contribution in [3.63, 3.8) is 0 Å². The number of hydrogen-bond acceptors (Lipinski definition) is 4. The van der Waals surface area contributed by atoms with Crippen molar-refractivity contribution in [2.75, 3.05) is 11.9 Å². The molecule has 0 saturated heterocycles. The van der Waals surface area contributed by atoms with Crippen LogP contribution in [0.15, 0.2) is 41.4 Å². The molecule has 3 rings (SSSR count). The first-order valence-electron chi connectivity index (χ1n) is 5.87. The molecule has 3 aromatic heterocycles. The molecule has 92 valence electrons. The average molecular weight is 242 g/mol. The molecule has 0 spiro atoms. The number of furan rings is 1. The van der Waals surface area contributed by atoms with Gasteiger partial charge >= 0.3 is 0 Å². The lowest BCUT2D eigenvalue weighted by atomic mass is 10.3. The number of pyridine rings is 1. The number of anilines is 1. The van der Waals surface area contributed by atoms with Crippen molar-refractivity contribution < 1.29 is 4.42 Å². The van der Waals surface area contributed by atoms with Gasteiger partial charge in [0.25, 0.3) is 0 Å². The molecular formula is C13H14N4O. The van der Waals surface area contributed by atoms with Crippen molar-refractivity contribution in [3.8, 4) is 0 Å². The van der Waals surface area contributed by atoms with E-state index in [2.05, 4.69) is 15.3 Å². The largest absolute Gasteiger partial charge is 0.469 e. The molecule has 0 bridgehead atoms. The summed E-state index contributed by atoms with van der Waals surface area (Å²) in [5, 5.41) is 3.29. The van der Waals surface area contributed by atoms with E-state index in [1.54, 1.807) is 18.8 Å². The topological polar surface area (TPSA) is 55.9 Å². The number of aryl methyl sites for hydroxylation is 1. The fourth-order valence-corrected chi connectivity index (χ4v) is 1.95. The Morgan fingerprint density at radius 3 is 3.11 bits per heavy atom. The number of aromatic nitrogens is 3. The minimum atomic E-state index is 0.774. The van der Waals surface area contributed by atoms with Crippen LogP contribution in [0.1, 0.15) is 5.76 Å². The fourth-order valence-electron chi connectivity index (χ4n) is 1.95. The van der Waals surface area contributed by atoms with E-state index in [-0.39, 0.29) is 0 Å². The second-order valence-electron chi connectivity index (χ2n) is 4.14. The third-order valence-corrected chi connectivity index (χ3v) is 2.89. The van der Waals surface area contributed by atoms with E-state index < -0.39 is 0 Å². The molecule has 5 nitrogen and oxygen atoms in total. The highest BCUT2D eigenvalue weighted by atomic mass is 16.3. The van der Waals surface area contributed by atoms with Gasteiger partial charge in [0.2, 0.25) is 0 Å². The Labute approximate surface area is 104 Å². The van der Waals surface area contributed by atoms with Crippen LogP contribution in [0.25, 0.3) is 11.0 Å². The Bertz CT molecular complexity index is 642. The molecule has 0 saturated carbocycles. The van der Waals surface area contributed by atoms with E-state index in [0.717, 1.165) is 35.6 Å². The molecule has 0 aliphatic heterocycles. The molecule has 0 atom stereocenters. The van der Waals surface area contributed by atoms with E-state index in [1.807, 2.05) is 29.8 Å². The third-order valence-electron chi connectivity index (χ3n) is 2.89. The number of hydrogen-bond donors (Lipinski definition) is 1. The zero-order valence-corrected chi connectivity index (χ0v) is 10.1. The molecule has 3 aromatic rings. The van der Waals surface area contributed by atoms with Crippen LogP contribution in [0.5, 0.6) is 0 Å². The highest BCUT2D eigenvalue weighted by Crippen LogP contribution is 2.18. The van der Waals surface area contributed by atoms with Gasteiger partial charge in [-0.1, -0.05) is 0 Å². The lowest BCUT2D eigenvalue weighted by Gasteiger charge is -2.05. The SMILES string of the molecule is Cn1cnc2c(NCCc3ccco3)nccc21. The molecule has 0 unspecified atom stereocenters. The van der Waals surface area contributed by atoms with Crippen LogP contribution in [0.2, 0.25) is 0 Å². The van der Waals surface area contributed by atoms with Gasteiger partial charge in [-0.2, -0.15) is 0 Å². The van der Waals surface area contributed by atoms with E-state index in [4.69, 9.17) is 4.42 Å². The zero-order chi connectivity index (χ0) is 12.4. The molecule has 0 amide bonds. The standard InChI is InChI=1S/C13H14N4O/c1-17-9-16-12-11(17)5-7-15-13(12)14-6-4-10-3-2-8-18-10/h2-3,5,7-9H,4,6H2,1H3,(H,14,15). The van der Waals surface area contributed by atoms with Crippen molar-refractivity contribution >= 4 is 16.9 Å². The monoisotopic (exact) mass is 242 g/mol. The van der Waals surface area contributed by atoms with Crippen LogP contribution in [0.3, 0.4) is 0 Å². The number of imidazole rings is 1. The average Bonchev–Trinajstić information content (AvgIpc) is 3.01. The molecule has 3 heterocycles. The normalized spacial score (nSPS) is 10.9. The van der Waals surface area contributed by atoms with Gasteiger partial charge in [0, 0.05) is 26.2 Å². The molecule has 0 aliphatic rings. The Kier molecular flexibility index (Phi) is 2.72. The summed E-state index contributed by atoms with van der Waals surface area (Å²) < 4.78 is 7.26. The minimum Gasteiger partial charge on any atom is -0.469 e. The quantitative estimate of drug-likeness (QED) is 0.762. The summed E-state index contributed by atoms with van der Waals surface area (Å²) in [6.07, 6.45) is 6.11. The van der Waals surface area contributed by atoms with Gasteiger partial charge in [0.1, 0.15) is 11.3 Å². The van der Waals surface area contributed by atoms with Crippen LogP contribution in [-0.4, -0.2) is 21.1 Å². The van der Waals surface area contributed by atoms with Crippen LogP contribution < -0.4 is 5.32 Å². The molecule has 1 N–H and O–H groups in total. The Morgan fingerprint density at radius 2 is 2.28 bits per heavy atom. The zero-order valence-electron chi connectivity index (χ0n) is 10.1. The lowest BCUT2D eigenvalue weighted by molar-refractivity contribution is 0.513. The van der Waals surface area contributed by atoms with Crippen molar-refractivity contribution in [2.24, 2.45) is 7.05 Å². The second-order valence-corrected chi connectivity index (χ2v) is 4.14. The van der Waals surface area contributed by atoms with Gasteiger partial charge in [-0.3, -0.25) is 0 Å². The van der Waals surface area contributed by atoms with Gasteiger partial charge < -0.3 is 14.3 Å². The molecule has 0 aromatic carbocycles. The highest BCUT2D eigenvalue weighted by Gasteiger charge is 2.06. The summed E-state index contributed by atoms with van der Waals surface area (Å²) in [5.74, 6) is 1.79. The molecule has 18 heavy (non-hydrogen) atoms. The summed E-state index contributed by atoms with van der Waals surface area (Å²) in [6.45, 7) is 0.774. The number of nitrogens with zero attached hydrogens (tertiary/aromatic N) is 3. The second kappa shape index (κ2) is 4.52. The fraction of sp³-hybridized carbons (Fsp3) is 0.231. The summed E-state index contributed by atoms with van der Waals surface area (Å²) in [6, 6.07) is 5.82. The van der Waals surface area contributed by atoms with Crippen molar-refractivity contribution in [3.05, 3.63) is 42.7 Å². The Hall–Kier alpha value is -2.30. The first-order chi connectivity index (χ1) is 8.84. The van der Waals surface area contributed by atoms with E-state index >= 15 is 0 Å². The van der Waals surface area contributed by atoms with Crippen LogP contribution in [-0.2, 0) is 13.5 Å². The van der Waals surface area contributed by atoms with Crippen LogP contribution in [0.4, 0.5) is 5.82 Å². The Balaban J connectivity index is 1.74. The summed E-state index contributed by atoms with van der Waals surface area (Å²) in [5.41, 5.74) is 1.98. The van der Waals surface area contributed by atoms with Crippen LogP contribution >= 0.6 is 0 Å². The summed E-state index contributed by atoms with van der Waals surface area (Å²) >= 11 is 0. The maximum absolute atomic E-state index is 5.28. The summed E-state index contributed by atoms with van der Waals surface area (Å²) in [4.78, 5) is 8.67. The van der Waals surface area contributed by atoms with Crippen molar-refractivity contribution in [2.45, 2.75) is 6.42 Å². The molecule has 0 radical (unpaired) electrons. The maximum Gasteiger partial charge on any atom is 0.154 e. The number of nitrogens with one attached hydrogen (secondary N) is 1. The van der Waals surface area contributed by atoms with Crippen molar-refractivity contribution in [1.82, 2.24) is 14.5 Å².